The van der Waals surface area contributed by atoms with Crippen LogP contribution in [-0.4, -0.2) is 44.7 Å². The number of nitrogens with zero attached hydrogens (tertiary/aromatic N) is 4. The Balaban J connectivity index is 1.84. The quantitative estimate of drug-likeness (QED) is 0.472. The van der Waals surface area contributed by atoms with Gasteiger partial charge in [-0.2, -0.15) is 10.4 Å². The highest BCUT2D eigenvalue weighted by molar-refractivity contribution is 6.42. The van der Waals surface area contributed by atoms with Crippen molar-refractivity contribution in [3.63, 3.8) is 0 Å². The second kappa shape index (κ2) is 9.03. The van der Waals surface area contributed by atoms with E-state index in [2.05, 4.69) is 20.4 Å². The number of rotatable bonds is 8. The van der Waals surface area contributed by atoms with Gasteiger partial charge in [-0.25, -0.2) is 4.98 Å². The molecule has 2 heterocycles. The summed E-state index contributed by atoms with van der Waals surface area (Å²) in [5, 5.41) is 26.0. The average molecular weight is 423 g/mol. The number of hydrogen-bond donors (Lipinski definition) is 3. The normalized spacial score (nSPS) is 10.9. The Morgan fingerprint density at radius 3 is 2.86 bits per heavy atom. The molecule has 0 aliphatic heterocycles. The Morgan fingerprint density at radius 1 is 1.32 bits per heavy atom. The highest BCUT2D eigenvalue weighted by Gasteiger charge is 2.16. The van der Waals surface area contributed by atoms with Crippen molar-refractivity contribution in [3.05, 3.63) is 49.9 Å². The lowest BCUT2D eigenvalue weighted by Crippen LogP contribution is -2.17. The molecule has 1 aromatic carbocycles. The molecule has 9 nitrogen and oxygen atoms in total. The van der Waals surface area contributed by atoms with E-state index in [-0.39, 0.29) is 49.0 Å². The van der Waals surface area contributed by atoms with Crippen molar-refractivity contribution in [3.8, 4) is 6.07 Å². The summed E-state index contributed by atoms with van der Waals surface area (Å²) < 4.78 is 6.56. The first-order valence-corrected chi connectivity index (χ1v) is 9.06. The Kier molecular flexibility index (Phi) is 6.49. The summed E-state index contributed by atoms with van der Waals surface area (Å²) in [5.74, 6) is 0.205. The van der Waals surface area contributed by atoms with Crippen LogP contribution in [0.2, 0.25) is 10.0 Å². The number of fused-ring (bicyclic) bond motifs is 1. The van der Waals surface area contributed by atoms with Crippen LogP contribution in [0.15, 0.2) is 23.0 Å². The predicted molar refractivity (Wildman–Crippen MR) is 105 cm³/mol. The fraction of sp³-hybridized carbons (Fsp3) is 0.294. The predicted octanol–water partition coefficient (Wildman–Crippen LogP) is 1.92. The third-order valence-corrected chi connectivity index (χ3v) is 4.57. The van der Waals surface area contributed by atoms with Gasteiger partial charge in [0.25, 0.3) is 5.56 Å². The van der Waals surface area contributed by atoms with E-state index in [1.165, 1.54) is 4.68 Å². The van der Waals surface area contributed by atoms with Gasteiger partial charge in [0.15, 0.2) is 11.2 Å². The van der Waals surface area contributed by atoms with Crippen LogP contribution in [-0.2, 0) is 17.8 Å². The zero-order valence-corrected chi connectivity index (χ0v) is 16.1. The zero-order chi connectivity index (χ0) is 20.1. The second-order valence-corrected chi connectivity index (χ2v) is 6.55. The van der Waals surface area contributed by atoms with Gasteiger partial charge in [-0.05, 0) is 17.7 Å². The minimum absolute atomic E-state index is 0.0424. The molecule has 0 spiro atoms. The summed E-state index contributed by atoms with van der Waals surface area (Å²) in [6, 6.07) is 7.13. The first-order valence-electron chi connectivity index (χ1n) is 8.31. The summed E-state index contributed by atoms with van der Waals surface area (Å²) in [6.07, 6.45) is 0. The molecule has 3 N–H and O–H groups in total. The van der Waals surface area contributed by atoms with Crippen molar-refractivity contribution in [1.29, 1.82) is 5.26 Å². The molecule has 0 amide bonds. The number of aromatic nitrogens is 4. The SMILES string of the molecule is N#Cc1nn(CCOCCO)c2c(=O)[nH]c(NCc3ccc(Cl)c(Cl)c3)nc12. The monoisotopic (exact) mass is 422 g/mol. The largest absolute Gasteiger partial charge is 0.394 e. The lowest BCUT2D eigenvalue weighted by Gasteiger charge is -2.07. The van der Waals surface area contributed by atoms with Crippen LogP contribution < -0.4 is 10.9 Å². The van der Waals surface area contributed by atoms with Gasteiger partial charge in [-0.1, -0.05) is 29.3 Å². The molecule has 0 saturated heterocycles. The number of aliphatic hydroxyl groups excluding tert-OH is 1. The maximum Gasteiger partial charge on any atom is 0.278 e. The Bertz CT molecular complexity index is 1090. The topological polar surface area (TPSA) is 129 Å². The van der Waals surface area contributed by atoms with Crippen molar-refractivity contribution in [2.24, 2.45) is 0 Å². The van der Waals surface area contributed by atoms with Crippen molar-refractivity contribution in [1.82, 2.24) is 19.7 Å². The molecule has 0 saturated carbocycles. The maximum atomic E-state index is 12.5. The van der Waals surface area contributed by atoms with Crippen LogP contribution in [0.3, 0.4) is 0 Å². The average Bonchev–Trinajstić information content (AvgIpc) is 3.04. The maximum absolute atomic E-state index is 12.5. The van der Waals surface area contributed by atoms with Gasteiger partial charge in [-0.3, -0.25) is 14.5 Å². The molecule has 0 aliphatic rings. The summed E-state index contributed by atoms with van der Waals surface area (Å²) >= 11 is 11.9. The second-order valence-electron chi connectivity index (χ2n) is 5.73. The molecule has 0 unspecified atom stereocenters. The molecular formula is C17H16Cl2N6O3. The summed E-state index contributed by atoms with van der Waals surface area (Å²) in [4.78, 5) is 19.5. The van der Waals surface area contributed by atoms with Gasteiger partial charge in [0.05, 0.1) is 36.4 Å². The van der Waals surface area contributed by atoms with Crippen LogP contribution in [0.1, 0.15) is 11.3 Å². The van der Waals surface area contributed by atoms with Crippen molar-refractivity contribution < 1.29 is 9.84 Å². The molecular weight excluding hydrogens is 407 g/mol. The molecule has 11 heteroatoms. The molecule has 3 aromatic rings. The van der Waals surface area contributed by atoms with Crippen LogP contribution in [0, 0.1) is 11.3 Å². The molecule has 3 rings (SSSR count). The molecule has 0 fully saturated rings. The van der Waals surface area contributed by atoms with Gasteiger partial charge >= 0.3 is 0 Å². The third-order valence-electron chi connectivity index (χ3n) is 3.83. The van der Waals surface area contributed by atoms with Crippen molar-refractivity contribution in [2.45, 2.75) is 13.1 Å². The van der Waals surface area contributed by atoms with Crippen molar-refractivity contribution in [2.75, 3.05) is 25.1 Å². The Morgan fingerprint density at radius 2 is 2.14 bits per heavy atom. The van der Waals surface area contributed by atoms with Crippen LogP contribution in [0.5, 0.6) is 0 Å². The number of anilines is 1. The Hall–Kier alpha value is -2.64. The molecule has 0 radical (unpaired) electrons. The summed E-state index contributed by atoms with van der Waals surface area (Å²) in [6.45, 7) is 0.912. The first-order chi connectivity index (χ1) is 13.5. The van der Waals surface area contributed by atoms with Crippen LogP contribution >= 0.6 is 23.2 Å². The fourth-order valence-electron chi connectivity index (χ4n) is 2.56. The number of benzene rings is 1. The zero-order valence-electron chi connectivity index (χ0n) is 14.6. The molecule has 28 heavy (non-hydrogen) atoms. The number of nitrogens with one attached hydrogen (secondary N) is 2. The van der Waals surface area contributed by atoms with Gasteiger partial charge in [0.1, 0.15) is 11.6 Å². The highest BCUT2D eigenvalue weighted by atomic mass is 35.5. The third kappa shape index (κ3) is 4.43. The summed E-state index contributed by atoms with van der Waals surface area (Å²) in [5.41, 5.74) is 0.835. The van der Waals surface area contributed by atoms with Gasteiger partial charge < -0.3 is 15.2 Å². The highest BCUT2D eigenvalue weighted by Crippen LogP contribution is 2.23. The van der Waals surface area contributed by atoms with E-state index in [1.807, 2.05) is 6.07 Å². The van der Waals surface area contributed by atoms with E-state index < -0.39 is 5.56 Å². The first kappa shape index (κ1) is 20.1. The lowest BCUT2D eigenvalue weighted by atomic mass is 10.2. The van der Waals surface area contributed by atoms with Crippen LogP contribution in [0.4, 0.5) is 5.95 Å². The van der Waals surface area contributed by atoms with E-state index >= 15 is 0 Å². The standard InChI is InChI=1S/C17H16Cl2N6O3/c18-11-2-1-10(7-12(11)19)9-21-17-22-14-13(8-20)24-25(3-5-28-6-4-26)15(14)16(27)23-17/h1-2,7,26H,3-6,9H2,(H2,21,22,23,27). The van der Waals surface area contributed by atoms with E-state index in [4.69, 9.17) is 33.0 Å². The van der Waals surface area contributed by atoms with E-state index in [0.717, 1.165) is 5.56 Å². The molecule has 0 aliphatic carbocycles. The van der Waals surface area contributed by atoms with Crippen molar-refractivity contribution >= 4 is 40.2 Å². The lowest BCUT2D eigenvalue weighted by molar-refractivity contribution is 0.0859. The number of hydrogen-bond acceptors (Lipinski definition) is 7. The molecule has 146 valence electrons. The number of aliphatic hydroxyl groups is 1. The van der Waals surface area contributed by atoms with E-state index in [0.29, 0.717) is 16.6 Å². The molecule has 0 bridgehead atoms. The van der Waals surface area contributed by atoms with Gasteiger partial charge in [0.2, 0.25) is 5.95 Å². The van der Waals surface area contributed by atoms with Gasteiger partial charge in [0, 0.05) is 6.54 Å². The van der Waals surface area contributed by atoms with Crippen LogP contribution in [0.25, 0.3) is 11.0 Å². The van der Waals surface area contributed by atoms with Gasteiger partial charge in [-0.15, -0.1) is 0 Å². The minimum Gasteiger partial charge on any atom is -0.394 e. The molecule has 0 atom stereocenters. The minimum atomic E-state index is -0.433. The number of halogens is 2. The summed E-state index contributed by atoms with van der Waals surface area (Å²) in [7, 11) is 0. The number of H-pyrrole nitrogens is 1. The fourth-order valence-corrected chi connectivity index (χ4v) is 2.88. The van der Waals surface area contributed by atoms with E-state index in [9.17, 15) is 10.1 Å². The smallest absolute Gasteiger partial charge is 0.278 e. The number of ether oxygens (including phenoxy) is 1. The van der Waals surface area contributed by atoms with E-state index in [1.54, 1.807) is 18.2 Å². The number of aromatic amines is 1. The number of nitriles is 1. The molecule has 2 aromatic heterocycles. The Labute approximate surface area is 169 Å².